The molecule has 3 N–H and O–H groups in total. The quantitative estimate of drug-likeness (QED) is 0.323. The summed E-state index contributed by atoms with van der Waals surface area (Å²) in [6, 6.07) is 0. The maximum absolute atomic E-state index is 10.5. The van der Waals surface area contributed by atoms with E-state index in [-0.39, 0.29) is 51.4 Å². The van der Waals surface area contributed by atoms with Crippen molar-refractivity contribution >= 4 is 17.3 Å². The molecule has 0 atom stereocenters. The second-order valence-corrected chi connectivity index (χ2v) is 5.43. The fraction of sp³-hybridized carbons (Fsp3) is 0.571. The number of hydrogen-bond donors (Lipinski definition) is 3. The van der Waals surface area contributed by atoms with Gasteiger partial charge in [0.05, 0.1) is 17.3 Å². The van der Waals surface area contributed by atoms with Crippen LogP contribution in [0.25, 0.3) is 0 Å². The van der Waals surface area contributed by atoms with Gasteiger partial charge >= 0.3 is 0 Å². The van der Waals surface area contributed by atoms with Crippen LogP contribution in [0.3, 0.4) is 0 Å². The molecule has 0 aromatic heterocycles. The molecule has 0 aliphatic carbocycles. The van der Waals surface area contributed by atoms with Crippen molar-refractivity contribution in [3.63, 3.8) is 0 Å². The van der Waals surface area contributed by atoms with Crippen LogP contribution >= 0.6 is 0 Å². The van der Waals surface area contributed by atoms with Crippen LogP contribution in [0.4, 0.5) is 0 Å². The van der Waals surface area contributed by atoms with Crippen LogP contribution in [0, 0.1) is 0 Å². The smallest absolute Gasteiger partial charge is 0.158 e. The fourth-order valence-electron chi connectivity index (χ4n) is 1.17. The molecule has 0 aliphatic heterocycles. The van der Waals surface area contributed by atoms with Gasteiger partial charge in [-0.25, -0.2) is 0 Å². The Bertz CT molecular complexity index is 457. The van der Waals surface area contributed by atoms with E-state index in [4.69, 9.17) is 15.3 Å². The average molecular weight is 443 g/mol. The Morgan fingerprint density at radius 3 is 0.786 bits per heavy atom. The molecule has 6 nitrogen and oxygen atoms in total. The first-order valence-corrected chi connectivity index (χ1v) is 9.38. The van der Waals surface area contributed by atoms with Gasteiger partial charge in [0.25, 0.3) is 0 Å². The van der Waals surface area contributed by atoms with Crippen LogP contribution in [0.5, 0.6) is 0 Å². The van der Waals surface area contributed by atoms with Crippen LogP contribution in [0.1, 0.15) is 80.1 Å². The van der Waals surface area contributed by atoms with Gasteiger partial charge in [-0.1, -0.05) is 41.5 Å². The molecule has 0 fully saturated rings. The third-order valence-corrected chi connectivity index (χ3v) is 3.11. The summed E-state index contributed by atoms with van der Waals surface area (Å²) in [5.74, 6) is 0.448. The molecule has 0 aromatic rings. The summed E-state index contributed by atoms with van der Waals surface area (Å²) in [5, 5.41) is 26.4. The van der Waals surface area contributed by atoms with Gasteiger partial charge in [-0.2, -0.15) is 0 Å². The maximum Gasteiger partial charge on any atom is 0.158 e. The number of ketones is 3. The predicted molar refractivity (Wildman–Crippen MR) is 109 cm³/mol. The Kier molecular flexibility index (Phi) is 27.9. The first kappa shape index (κ1) is 33.7. The number of aliphatic hydroxyl groups excluding tert-OH is 3. The average Bonchev–Trinajstić information content (AvgIpc) is 2.67. The molecular weight excluding hydrogens is 407 g/mol. The molecule has 0 saturated heterocycles. The summed E-state index contributed by atoms with van der Waals surface area (Å²) in [4.78, 5) is 31.6. The zero-order valence-electron chi connectivity index (χ0n) is 17.9. The molecule has 0 bridgehead atoms. The number of rotatable bonds is 9. The summed E-state index contributed by atoms with van der Waals surface area (Å²) >= 11 is 0. The van der Waals surface area contributed by atoms with E-state index in [0.29, 0.717) is 38.5 Å². The molecule has 0 spiro atoms. The predicted octanol–water partition coefficient (Wildman–Crippen LogP) is 5.45. The number of carbonyl (C=O) groups is 3. The number of carbonyl (C=O) groups excluding carboxylic acids is 3. The molecule has 0 amide bonds. The topological polar surface area (TPSA) is 112 Å². The zero-order valence-corrected chi connectivity index (χ0v) is 18.9. The molecule has 1 radical (unpaired) electrons. The standard InChI is InChI=1S/3C7H12O2.Co/c3*1-3-6(8)5-7(9)4-2;/h3*5,8H,3-4H2,1-2H3;. The van der Waals surface area contributed by atoms with Crippen molar-refractivity contribution < 1.29 is 46.5 Å². The zero-order chi connectivity index (χ0) is 21.8. The molecular formula is C21H36CoO6. The van der Waals surface area contributed by atoms with Crippen LogP contribution in [-0.2, 0) is 31.2 Å². The minimum Gasteiger partial charge on any atom is -0.512 e. The molecule has 0 saturated carbocycles. The van der Waals surface area contributed by atoms with E-state index in [1.165, 1.54) is 18.2 Å². The minimum atomic E-state index is -0.0191. The van der Waals surface area contributed by atoms with Crippen molar-refractivity contribution in [3.05, 3.63) is 35.5 Å². The first-order chi connectivity index (χ1) is 12.6. The number of hydrogen-bond acceptors (Lipinski definition) is 6. The van der Waals surface area contributed by atoms with E-state index in [1.54, 1.807) is 41.5 Å². The summed E-state index contributed by atoms with van der Waals surface area (Å²) in [6.45, 7) is 10.7. The Balaban J connectivity index is -0.000000152. The Hall–Kier alpha value is -1.86. The van der Waals surface area contributed by atoms with Gasteiger partial charge in [-0.05, 0) is 0 Å². The monoisotopic (exact) mass is 443 g/mol. The Morgan fingerprint density at radius 2 is 0.679 bits per heavy atom. The van der Waals surface area contributed by atoms with E-state index in [1.807, 2.05) is 0 Å². The van der Waals surface area contributed by atoms with Crippen LogP contribution in [0.2, 0.25) is 0 Å². The van der Waals surface area contributed by atoms with Gasteiger partial charge in [0.1, 0.15) is 0 Å². The van der Waals surface area contributed by atoms with Crippen molar-refractivity contribution in [3.8, 4) is 0 Å². The van der Waals surface area contributed by atoms with E-state index >= 15 is 0 Å². The summed E-state index contributed by atoms with van der Waals surface area (Å²) < 4.78 is 0. The largest absolute Gasteiger partial charge is 0.512 e. The molecule has 0 unspecified atom stereocenters. The third-order valence-electron chi connectivity index (χ3n) is 3.11. The molecule has 165 valence electrons. The number of aliphatic hydroxyl groups is 3. The van der Waals surface area contributed by atoms with Crippen LogP contribution in [-0.4, -0.2) is 32.7 Å². The summed E-state index contributed by atoms with van der Waals surface area (Å²) in [6.07, 6.45) is 6.82. The summed E-state index contributed by atoms with van der Waals surface area (Å²) in [7, 11) is 0. The van der Waals surface area contributed by atoms with E-state index < -0.39 is 0 Å². The second kappa shape index (κ2) is 23.2. The summed E-state index contributed by atoms with van der Waals surface area (Å²) in [5.41, 5.74) is 0. The van der Waals surface area contributed by atoms with Gasteiger partial charge in [-0.15, -0.1) is 0 Å². The van der Waals surface area contributed by atoms with Gasteiger partial charge in [0.15, 0.2) is 17.3 Å². The normalized spacial score (nSPS) is 11.1. The molecule has 0 aromatic carbocycles. The first-order valence-electron chi connectivity index (χ1n) is 9.38. The van der Waals surface area contributed by atoms with Gasteiger partial charge in [0, 0.05) is 73.5 Å². The molecule has 0 rings (SSSR count). The maximum atomic E-state index is 10.5. The molecule has 28 heavy (non-hydrogen) atoms. The van der Waals surface area contributed by atoms with E-state index in [2.05, 4.69) is 0 Å². The van der Waals surface area contributed by atoms with Gasteiger partial charge < -0.3 is 15.3 Å². The van der Waals surface area contributed by atoms with Gasteiger partial charge in [0.2, 0.25) is 0 Å². The molecule has 0 heterocycles. The molecule has 7 heteroatoms. The van der Waals surface area contributed by atoms with Crippen molar-refractivity contribution in [2.75, 3.05) is 0 Å². The SMILES string of the molecule is CCC(=O)C=C(O)CC.CCC(=O)C=C(O)CC.CCC(=O)C=C(O)CC.[Co]. The third kappa shape index (κ3) is 26.4. The van der Waals surface area contributed by atoms with Crippen molar-refractivity contribution in [1.29, 1.82) is 0 Å². The Labute approximate surface area is 179 Å². The fourth-order valence-corrected chi connectivity index (χ4v) is 1.17. The van der Waals surface area contributed by atoms with Crippen LogP contribution in [0.15, 0.2) is 35.5 Å². The van der Waals surface area contributed by atoms with E-state index in [9.17, 15) is 14.4 Å². The number of allylic oxidation sites excluding steroid dienone is 6. The Morgan fingerprint density at radius 1 is 0.500 bits per heavy atom. The minimum absolute atomic E-state index is 0. The van der Waals surface area contributed by atoms with Crippen molar-refractivity contribution in [2.45, 2.75) is 80.1 Å². The van der Waals surface area contributed by atoms with Gasteiger partial charge in [-0.3, -0.25) is 14.4 Å². The van der Waals surface area contributed by atoms with Crippen LogP contribution < -0.4 is 0 Å². The van der Waals surface area contributed by atoms with Crippen molar-refractivity contribution in [2.24, 2.45) is 0 Å². The van der Waals surface area contributed by atoms with E-state index in [0.717, 1.165) is 0 Å². The molecule has 0 aliphatic rings. The second-order valence-electron chi connectivity index (χ2n) is 5.43. The van der Waals surface area contributed by atoms with Crippen molar-refractivity contribution in [1.82, 2.24) is 0 Å².